The highest BCUT2D eigenvalue weighted by molar-refractivity contribution is 6.30. The number of hydrogen-bond donors (Lipinski definition) is 2. The van der Waals surface area contributed by atoms with E-state index in [9.17, 15) is 9.90 Å². The number of halogens is 1. The fourth-order valence-electron chi connectivity index (χ4n) is 2.53. The molecule has 1 saturated carbocycles. The second-order valence-electron chi connectivity index (χ2n) is 6.01. The summed E-state index contributed by atoms with van der Waals surface area (Å²) in [6.07, 6.45) is 6.78. The number of carbonyl (C=O) groups is 1. The minimum Gasteiger partial charge on any atom is -0.388 e. The number of benzene rings is 1. The van der Waals surface area contributed by atoms with Crippen LogP contribution in [-0.4, -0.2) is 23.2 Å². The maximum absolute atomic E-state index is 11.8. The Balaban J connectivity index is 1.80. The van der Waals surface area contributed by atoms with Crippen molar-refractivity contribution in [1.82, 2.24) is 5.32 Å². The predicted octanol–water partition coefficient (Wildman–Crippen LogP) is 3.41. The van der Waals surface area contributed by atoms with Crippen molar-refractivity contribution in [1.29, 1.82) is 0 Å². The molecular formula is C17H22ClNO2. The first-order valence-corrected chi connectivity index (χ1v) is 7.78. The third-order valence-electron chi connectivity index (χ3n) is 4.09. The van der Waals surface area contributed by atoms with Crippen LogP contribution in [0.4, 0.5) is 0 Å². The summed E-state index contributed by atoms with van der Waals surface area (Å²) in [5.41, 5.74) is 0.177. The Hall–Kier alpha value is -1.32. The average Bonchev–Trinajstić information content (AvgIpc) is 2.48. The Bertz CT molecular complexity index is 502. The van der Waals surface area contributed by atoms with Gasteiger partial charge < -0.3 is 10.4 Å². The second-order valence-corrected chi connectivity index (χ2v) is 6.45. The summed E-state index contributed by atoms with van der Waals surface area (Å²) in [4.78, 5) is 11.8. The normalized spacial score (nSPS) is 26.0. The maximum Gasteiger partial charge on any atom is 0.244 e. The standard InChI is InChI=1S/C17H22ClNO2/c1-13-8-10-17(21,11-9-13)12-19-16(20)7-4-14-2-5-15(18)6-3-14/h2-7,13,21H,8-12H2,1H3,(H,19,20). The van der Waals surface area contributed by atoms with E-state index in [0.29, 0.717) is 17.5 Å². The van der Waals surface area contributed by atoms with Crippen LogP contribution in [-0.2, 0) is 4.79 Å². The smallest absolute Gasteiger partial charge is 0.244 e. The van der Waals surface area contributed by atoms with Gasteiger partial charge in [0.05, 0.1) is 5.60 Å². The fourth-order valence-corrected chi connectivity index (χ4v) is 2.66. The van der Waals surface area contributed by atoms with E-state index in [4.69, 9.17) is 11.6 Å². The molecule has 0 aromatic heterocycles. The molecule has 1 aliphatic carbocycles. The zero-order valence-electron chi connectivity index (χ0n) is 12.3. The number of rotatable bonds is 4. The van der Waals surface area contributed by atoms with E-state index in [1.54, 1.807) is 18.2 Å². The summed E-state index contributed by atoms with van der Waals surface area (Å²) in [5, 5.41) is 13.9. The van der Waals surface area contributed by atoms with Gasteiger partial charge in [-0.2, -0.15) is 0 Å². The Morgan fingerprint density at radius 1 is 1.38 bits per heavy atom. The van der Waals surface area contributed by atoms with Crippen LogP contribution in [0.3, 0.4) is 0 Å². The number of nitrogens with one attached hydrogen (secondary N) is 1. The van der Waals surface area contributed by atoms with Crippen molar-refractivity contribution in [3.05, 3.63) is 40.9 Å². The van der Waals surface area contributed by atoms with Gasteiger partial charge in [0.2, 0.25) is 5.91 Å². The zero-order valence-corrected chi connectivity index (χ0v) is 13.1. The van der Waals surface area contributed by atoms with Crippen LogP contribution >= 0.6 is 11.6 Å². The van der Waals surface area contributed by atoms with Gasteiger partial charge in [0.25, 0.3) is 0 Å². The average molecular weight is 308 g/mol. The quantitative estimate of drug-likeness (QED) is 0.838. The highest BCUT2D eigenvalue weighted by Crippen LogP contribution is 2.31. The molecule has 0 atom stereocenters. The molecule has 0 aliphatic heterocycles. The van der Waals surface area contributed by atoms with E-state index in [0.717, 1.165) is 31.2 Å². The lowest BCUT2D eigenvalue weighted by Gasteiger charge is -2.34. The van der Waals surface area contributed by atoms with Crippen molar-refractivity contribution in [3.8, 4) is 0 Å². The topological polar surface area (TPSA) is 49.3 Å². The molecule has 0 heterocycles. The molecule has 0 radical (unpaired) electrons. The SMILES string of the molecule is CC1CCC(O)(CNC(=O)C=Cc2ccc(Cl)cc2)CC1. The fraction of sp³-hybridized carbons (Fsp3) is 0.471. The maximum atomic E-state index is 11.8. The summed E-state index contributed by atoms with van der Waals surface area (Å²) in [7, 11) is 0. The van der Waals surface area contributed by atoms with Crippen molar-refractivity contribution >= 4 is 23.6 Å². The lowest BCUT2D eigenvalue weighted by atomic mass is 9.79. The molecule has 114 valence electrons. The molecule has 4 heteroatoms. The van der Waals surface area contributed by atoms with Crippen molar-refractivity contribution in [2.45, 2.75) is 38.2 Å². The first-order chi connectivity index (χ1) is 9.97. The number of aliphatic hydroxyl groups is 1. The number of amides is 1. The van der Waals surface area contributed by atoms with E-state index in [-0.39, 0.29) is 5.91 Å². The first-order valence-electron chi connectivity index (χ1n) is 7.41. The predicted molar refractivity (Wildman–Crippen MR) is 86.1 cm³/mol. The van der Waals surface area contributed by atoms with E-state index in [1.807, 2.05) is 12.1 Å². The van der Waals surface area contributed by atoms with Crippen LogP contribution in [0.2, 0.25) is 5.02 Å². The minimum absolute atomic E-state index is 0.183. The third kappa shape index (κ3) is 5.18. The zero-order chi connectivity index (χ0) is 15.3. The third-order valence-corrected chi connectivity index (χ3v) is 4.35. The molecule has 1 aliphatic rings. The largest absolute Gasteiger partial charge is 0.388 e. The Morgan fingerprint density at radius 2 is 2.00 bits per heavy atom. The van der Waals surface area contributed by atoms with Gasteiger partial charge in [-0.05, 0) is 55.4 Å². The van der Waals surface area contributed by atoms with Gasteiger partial charge in [0.15, 0.2) is 0 Å². The van der Waals surface area contributed by atoms with Crippen LogP contribution < -0.4 is 5.32 Å². The molecule has 0 spiro atoms. The van der Waals surface area contributed by atoms with Crippen LogP contribution in [0, 0.1) is 5.92 Å². The van der Waals surface area contributed by atoms with Crippen LogP contribution in [0.1, 0.15) is 38.2 Å². The van der Waals surface area contributed by atoms with Gasteiger partial charge in [0, 0.05) is 17.6 Å². The molecule has 0 unspecified atom stereocenters. The molecule has 2 N–H and O–H groups in total. The summed E-state index contributed by atoms with van der Waals surface area (Å²) in [6.45, 7) is 2.52. The van der Waals surface area contributed by atoms with Crippen LogP contribution in [0.25, 0.3) is 6.08 Å². The summed E-state index contributed by atoms with van der Waals surface area (Å²) in [5.74, 6) is 0.489. The van der Waals surface area contributed by atoms with Crippen molar-refractivity contribution in [3.63, 3.8) is 0 Å². The highest BCUT2D eigenvalue weighted by atomic mass is 35.5. The summed E-state index contributed by atoms with van der Waals surface area (Å²) in [6, 6.07) is 7.26. The Morgan fingerprint density at radius 3 is 2.62 bits per heavy atom. The molecule has 3 nitrogen and oxygen atoms in total. The van der Waals surface area contributed by atoms with Crippen molar-refractivity contribution in [2.75, 3.05) is 6.54 Å². The van der Waals surface area contributed by atoms with E-state index >= 15 is 0 Å². The van der Waals surface area contributed by atoms with Crippen LogP contribution in [0.15, 0.2) is 30.3 Å². The lowest BCUT2D eigenvalue weighted by molar-refractivity contribution is -0.118. The van der Waals surface area contributed by atoms with Crippen molar-refractivity contribution < 1.29 is 9.90 Å². The molecule has 1 aromatic rings. The highest BCUT2D eigenvalue weighted by Gasteiger charge is 2.31. The van der Waals surface area contributed by atoms with Gasteiger partial charge >= 0.3 is 0 Å². The van der Waals surface area contributed by atoms with Gasteiger partial charge in [0.1, 0.15) is 0 Å². The Kier molecular flexibility index (Phi) is 5.43. The first kappa shape index (κ1) is 16.1. The lowest BCUT2D eigenvalue weighted by Crippen LogP contribution is -2.44. The molecule has 2 rings (SSSR count). The monoisotopic (exact) mass is 307 g/mol. The molecule has 1 fully saturated rings. The number of carbonyl (C=O) groups excluding carboxylic acids is 1. The van der Waals surface area contributed by atoms with E-state index in [2.05, 4.69) is 12.2 Å². The van der Waals surface area contributed by atoms with Crippen LogP contribution in [0.5, 0.6) is 0 Å². The second kappa shape index (κ2) is 7.10. The molecule has 1 aromatic carbocycles. The molecular weight excluding hydrogens is 286 g/mol. The van der Waals surface area contributed by atoms with E-state index in [1.165, 1.54) is 6.08 Å². The molecule has 0 saturated heterocycles. The van der Waals surface area contributed by atoms with Crippen molar-refractivity contribution in [2.24, 2.45) is 5.92 Å². The van der Waals surface area contributed by atoms with Gasteiger partial charge in [-0.3, -0.25) is 4.79 Å². The van der Waals surface area contributed by atoms with Gasteiger partial charge in [-0.1, -0.05) is 30.7 Å². The van der Waals surface area contributed by atoms with Gasteiger partial charge in [-0.25, -0.2) is 0 Å². The molecule has 21 heavy (non-hydrogen) atoms. The summed E-state index contributed by atoms with van der Waals surface area (Å²) < 4.78 is 0. The van der Waals surface area contributed by atoms with Gasteiger partial charge in [-0.15, -0.1) is 0 Å². The Labute approximate surface area is 131 Å². The minimum atomic E-state index is -0.740. The van der Waals surface area contributed by atoms with E-state index < -0.39 is 5.60 Å². The molecule has 1 amide bonds. The summed E-state index contributed by atoms with van der Waals surface area (Å²) >= 11 is 5.80. The molecule has 0 bridgehead atoms. The number of hydrogen-bond acceptors (Lipinski definition) is 2.